The number of hydrogen-bond donors (Lipinski definition) is 1. The van der Waals surface area contributed by atoms with Gasteiger partial charge in [-0.15, -0.1) is 0 Å². The first-order valence-electron chi connectivity index (χ1n) is 6.37. The van der Waals surface area contributed by atoms with E-state index in [0.29, 0.717) is 13.0 Å². The van der Waals surface area contributed by atoms with Gasteiger partial charge in [0.15, 0.2) is 0 Å². The zero-order chi connectivity index (χ0) is 12.3. The Labute approximate surface area is 102 Å². The first kappa shape index (κ1) is 12.4. The second kappa shape index (κ2) is 5.54. The minimum atomic E-state index is -0.675. The molecule has 1 fully saturated rings. The average Bonchev–Trinajstić information content (AvgIpc) is 2.73. The van der Waals surface area contributed by atoms with Gasteiger partial charge in [-0.3, -0.25) is 4.79 Å². The molecule has 4 atom stereocenters. The summed E-state index contributed by atoms with van der Waals surface area (Å²) in [4.78, 5) is 11.1. The fourth-order valence-corrected chi connectivity index (χ4v) is 2.79. The highest BCUT2D eigenvalue weighted by Crippen LogP contribution is 2.37. The molecule has 2 aliphatic rings. The van der Waals surface area contributed by atoms with Gasteiger partial charge in [-0.1, -0.05) is 13.3 Å². The van der Waals surface area contributed by atoms with Gasteiger partial charge >= 0.3 is 5.97 Å². The molecule has 4 heteroatoms. The summed E-state index contributed by atoms with van der Waals surface area (Å²) < 4.78 is 11.0. The van der Waals surface area contributed by atoms with Crippen LogP contribution in [0.1, 0.15) is 32.6 Å². The number of carboxylic acids is 1. The van der Waals surface area contributed by atoms with Crippen LogP contribution in [0.15, 0.2) is 12.3 Å². The molecule has 0 aromatic heterocycles. The maximum Gasteiger partial charge on any atom is 0.306 e. The van der Waals surface area contributed by atoms with Crippen LogP contribution in [0.25, 0.3) is 0 Å². The zero-order valence-electron chi connectivity index (χ0n) is 10.2. The molecule has 1 heterocycles. The number of carboxylic acid groups (broad SMARTS) is 1. The molecular formula is C13H20O4. The molecule has 1 aliphatic carbocycles. The lowest BCUT2D eigenvalue weighted by molar-refractivity contribution is -0.143. The molecule has 96 valence electrons. The lowest BCUT2D eigenvalue weighted by Gasteiger charge is -2.21. The minimum absolute atomic E-state index is 0.0915. The number of aliphatic carboxylic acids is 1. The summed E-state index contributed by atoms with van der Waals surface area (Å²) in [5.41, 5.74) is 0. The number of ether oxygens (including phenoxy) is 2. The van der Waals surface area contributed by atoms with Gasteiger partial charge in [-0.25, -0.2) is 0 Å². The van der Waals surface area contributed by atoms with Gasteiger partial charge in [-0.2, -0.15) is 0 Å². The highest BCUT2D eigenvalue weighted by atomic mass is 16.5. The van der Waals surface area contributed by atoms with Crippen LogP contribution in [0.4, 0.5) is 0 Å². The largest absolute Gasteiger partial charge is 0.501 e. The van der Waals surface area contributed by atoms with E-state index in [1.54, 1.807) is 6.26 Å². The van der Waals surface area contributed by atoms with E-state index in [2.05, 4.69) is 6.92 Å². The predicted octanol–water partition coefficient (Wildman–Crippen LogP) is 2.19. The Morgan fingerprint density at radius 2 is 2.35 bits per heavy atom. The second-order valence-corrected chi connectivity index (χ2v) is 4.87. The fourth-order valence-electron chi connectivity index (χ4n) is 2.79. The molecule has 3 unspecified atom stereocenters. The van der Waals surface area contributed by atoms with Crippen molar-refractivity contribution in [3.63, 3.8) is 0 Å². The molecule has 0 radical (unpaired) electrons. The Kier molecular flexibility index (Phi) is 4.05. The van der Waals surface area contributed by atoms with Crippen molar-refractivity contribution in [1.82, 2.24) is 0 Å². The molecule has 1 aliphatic heterocycles. The third-order valence-electron chi connectivity index (χ3n) is 3.77. The molecule has 17 heavy (non-hydrogen) atoms. The Morgan fingerprint density at radius 1 is 1.53 bits per heavy atom. The van der Waals surface area contributed by atoms with E-state index in [0.717, 1.165) is 19.3 Å². The van der Waals surface area contributed by atoms with Gasteiger partial charge < -0.3 is 14.6 Å². The smallest absolute Gasteiger partial charge is 0.306 e. The average molecular weight is 240 g/mol. The highest BCUT2D eigenvalue weighted by molar-refractivity contribution is 5.70. The van der Waals surface area contributed by atoms with Gasteiger partial charge in [0.2, 0.25) is 0 Å². The number of carbonyl (C=O) groups is 1. The SMILES string of the molecule is CCC1CC(O[C@H]2C=COCC2)CC1C(=O)O. The van der Waals surface area contributed by atoms with Gasteiger partial charge in [0.1, 0.15) is 0 Å². The normalized spacial score (nSPS) is 36.8. The zero-order valence-corrected chi connectivity index (χ0v) is 10.2. The molecule has 1 N–H and O–H groups in total. The van der Waals surface area contributed by atoms with Crippen LogP contribution in [0.3, 0.4) is 0 Å². The predicted molar refractivity (Wildman–Crippen MR) is 62.5 cm³/mol. The van der Waals surface area contributed by atoms with Crippen LogP contribution in [0, 0.1) is 11.8 Å². The van der Waals surface area contributed by atoms with Crippen molar-refractivity contribution in [2.75, 3.05) is 6.61 Å². The van der Waals surface area contributed by atoms with Crippen molar-refractivity contribution in [2.45, 2.75) is 44.8 Å². The molecule has 0 spiro atoms. The van der Waals surface area contributed by atoms with Crippen LogP contribution in [0.5, 0.6) is 0 Å². The molecule has 2 rings (SSSR count). The van der Waals surface area contributed by atoms with Crippen molar-refractivity contribution in [3.05, 3.63) is 12.3 Å². The lowest BCUT2D eigenvalue weighted by Crippen LogP contribution is -2.22. The van der Waals surface area contributed by atoms with E-state index in [9.17, 15) is 4.79 Å². The Bertz CT molecular complexity index is 300. The van der Waals surface area contributed by atoms with Gasteiger partial charge in [0.25, 0.3) is 0 Å². The standard InChI is InChI=1S/C13H20O4/c1-2-9-7-11(8-12(9)13(14)15)17-10-3-5-16-6-4-10/h3,5,9-12H,2,4,6-8H2,1H3,(H,14,15)/t9?,10-,11?,12?/m0/s1. The summed E-state index contributed by atoms with van der Waals surface area (Å²) in [7, 11) is 0. The maximum atomic E-state index is 11.1. The minimum Gasteiger partial charge on any atom is -0.501 e. The highest BCUT2D eigenvalue weighted by Gasteiger charge is 2.38. The molecular weight excluding hydrogens is 220 g/mol. The van der Waals surface area contributed by atoms with Crippen molar-refractivity contribution in [1.29, 1.82) is 0 Å². The lowest BCUT2D eigenvalue weighted by atomic mass is 9.94. The molecule has 4 nitrogen and oxygen atoms in total. The Morgan fingerprint density at radius 3 is 2.88 bits per heavy atom. The summed E-state index contributed by atoms with van der Waals surface area (Å²) in [6.45, 7) is 2.74. The summed E-state index contributed by atoms with van der Waals surface area (Å²) in [6.07, 6.45) is 7.08. The van der Waals surface area contributed by atoms with E-state index in [4.69, 9.17) is 14.6 Å². The topological polar surface area (TPSA) is 55.8 Å². The van der Waals surface area contributed by atoms with Gasteiger partial charge in [0.05, 0.1) is 31.0 Å². The molecule has 0 amide bonds. The summed E-state index contributed by atoms with van der Waals surface area (Å²) in [5.74, 6) is -0.638. The van der Waals surface area contributed by atoms with Crippen LogP contribution < -0.4 is 0 Å². The van der Waals surface area contributed by atoms with Gasteiger partial charge in [0, 0.05) is 6.42 Å². The number of rotatable bonds is 4. The molecule has 0 saturated heterocycles. The number of hydrogen-bond acceptors (Lipinski definition) is 3. The van der Waals surface area contributed by atoms with E-state index in [1.165, 1.54) is 0 Å². The molecule has 0 aromatic rings. The van der Waals surface area contributed by atoms with Crippen LogP contribution >= 0.6 is 0 Å². The van der Waals surface area contributed by atoms with E-state index in [1.807, 2.05) is 6.08 Å². The summed E-state index contributed by atoms with van der Waals surface area (Å²) in [6, 6.07) is 0. The third-order valence-corrected chi connectivity index (χ3v) is 3.77. The first-order chi connectivity index (χ1) is 8.20. The van der Waals surface area contributed by atoms with E-state index < -0.39 is 5.97 Å². The van der Waals surface area contributed by atoms with Gasteiger partial charge in [-0.05, 0) is 24.8 Å². The van der Waals surface area contributed by atoms with Crippen LogP contribution in [-0.4, -0.2) is 29.9 Å². The van der Waals surface area contributed by atoms with Crippen molar-refractivity contribution in [2.24, 2.45) is 11.8 Å². The summed E-state index contributed by atoms with van der Waals surface area (Å²) in [5, 5.41) is 9.15. The second-order valence-electron chi connectivity index (χ2n) is 4.87. The quantitative estimate of drug-likeness (QED) is 0.818. The van der Waals surface area contributed by atoms with E-state index >= 15 is 0 Å². The van der Waals surface area contributed by atoms with Crippen molar-refractivity contribution in [3.8, 4) is 0 Å². The monoisotopic (exact) mass is 240 g/mol. The molecule has 1 saturated carbocycles. The maximum absolute atomic E-state index is 11.1. The van der Waals surface area contributed by atoms with Crippen molar-refractivity contribution >= 4 is 5.97 Å². The van der Waals surface area contributed by atoms with Crippen LogP contribution in [0.2, 0.25) is 0 Å². The summed E-state index contributed by atoms with van der Waals surface area (Å²) >= 11 is 0. The Hall–Kier alpha value is -1.03. The fraction of sp³-hybridized carbons (Fsp3) is 0.769. The Balaban J connectivity index is 1.88. The van der Waals surface area contributed by atoms with Crippen molar-refractivity contribution < 1.29 is 19.4 Å². The molecule has 0 aromatic carbocycles. The van der Waals surface area contributed by atoms with Crippen LogP contribution in [-0.2, 0) is 14.3 Å². The molecule has 0 bridgehead atoms. The third kappa shape index (κ3) is 3.00. The van der Waals surface area contributed by atoms with E-state index in [-0.39, 0.29) is 24.0 Å². The first-order valence-corrected chi connectivity index (χ1v) is 6.37.